The van der Waals surface area contributed by atoms with Gasteiger partial charge >= 0.3 is 0 Å². The summed E-state index contributed by atoms with van der Waals surface area (Å²) in [4.78, 5) is 2.61. The maximum atomic E-state index is 3.25. The molecule has 1 N–H and O–H groups in total. The zero-order valence-electron chi connectivity index (χ0n) is 9.05. The maximum absolute atomic E-state index is 3.25. The molecule has 78 valence electrons. The largest absolute Gasteiger partial charge is 0.318 e. The predicted molar refractivity (Wildman–Crippen MR) is 61.5 cm³/mol. The summed E-state index contributed by atoms with van der Waals surface area (Å²) in [5.74, 6) is 1.31. The van der Waals surface area contributed by atoms with Gasteiger partial charge in [0.05, 0.1) is 0 Å². The van der Waals surface area contributed by atoms with Gasteiger partial charge in [0.1, 0.15) is 0 Å². The van der Waals surface area contributed by atoms with Gasteiger partial charge < -0.3 is 5.32 Å². The Hall–Kier alpha value is 0.270. The Bertz CT molecular complexity index is 141. The lowest BCUT2D eigenvalue weighted by molar-refractivity contribution is 0.212. The average molecular weight is 202 g/mol. The van der Waals surface area contributed by atoms with Crippen LogP contribution in [0.3, 0.4) is 0 Å². The van der Waals surface area contributed by atoms with E-state index in [4.69, 9.17) is 0 Å². The van der Waals surface area contributed by atoms with Crippen molar-refractivity contribution in [3.05, 3.63) is 0 Å². The fourth-order valence-electron chi connectivity index (χ4n) is 1.81. The fraction of sp³-hybridized carbons (Fsp3) is 1.00. The van der Waals surface area contributed by atoms with Crippen LogP contribution in [0.25, 0.3) is 0 Å². The number of nitrogens with zero attached hydrogens (tertiary/aromatic N) is 1. The molecule has 1 fully saturated rings. The van der Waals surface area contributed by atoms with Gasteiger partial charge in [-0.1, -0.05) is 6.92 Å². The summed E-state index contributed by atoms with van der Waals surface area (Å²) in [6.07, 6.45) is 1.31. The molecule has 1 heterocycles. The standard InChI is InChI=1S/C10H22N2S/c1-4-10-8-12(5-6-13-10)9(2)7-11-3/h9-11H,4-8H2,1-3H3. The molecule has 0 aromatic rings. The molecular formula is C10H22N2S. The zero-order chi connectivity index (χ0) is 9.68. The average Bonchev–Trinajstić information content (AvgIpc) is 2.18. The lowest BCUT2D eigenvalue weighted by Crippen LogP contribution is -2.46. The van der Waals surface area contributed by atoms with E-state index in [2.05, 4.69) is 35.8 Å². The molecule has 0 aromatic heterocycles. The van der Waals surface area contributed by atoms with Gasteiger partial charge in [-0.25, -0.2) is 0 Å². The highest BCUT2D eigenvalue weighted by Gasteiger charge is 2.21. The van der Waals surface area contributed by atoms with E-state index in [1.165, 1.54) is 25.3 Å². The SMILES string of the molecule is CCC1CN(C(C)CNC)CCS1. The first-order valence-corrected chi connectivity index (χ1v) is 6.33. The monoisotopic (exact) mass is 202 g/mol. The van der Waals surface area contributed by atoms with Crippen molar-refractivity contribution in [2.24, 2.45) is 0 Å². The van der Waals surface area contributed by atoms with Crippen LogP contribution in [-0.2, 0) is 0 Å². The van der Waals surface area contributed by atoms with E-state index < -0.39 is 0 Å². The fourth-order valence-corrected chi connectivity index (χ4v) is 3.02. The van der Waals surface area contributed by atoms with Crippen LogP contribution in [0.5, 0.6) is 0 Å². The van der Waals surface area contributed by atoms with Crippen molar-refractivity contribution in [3.8, 4) is 0 Å². The van der Waals surface area contributed by atoms with Crippen molar-refractivity contribution in [2.45, 2.75) is 31.6 Å². The first-order valence-electron chi connectivity index (χ1n) is 5.28. The second kappa shape index (κ2) is 5.89. The number of likely N-dealkylation sites (N-methyl/N-ethyl adjacent to an activating group) is 1. The summed E-state index contributed by atoms with van der Waals surface area (Å²) in [5, 5.41) is 4.12. The van der Waals surface area contributed by atoms with E-state index in [0.717, 1.165) is 11.8 Å². The van der Waals surface area contributed by atoms with Crippen LogP contribution in [0, 0.1) is 0 Å². The molecule has 0 saturated carbocycles. The summed E-state index contributed by atoms with van der Waals surface area (Å²) in [7, 11) is 2.03. The number of hydrogen-bond acceptors (Lipinski definition) is 3. The summed E-state index contributed by atoms with van der Waals surface area (Å²) >= 11 is 2.14. The van der Waals surface area contributed by atoms with Crippen molar-refractivity contribution in [1.82, 2.24) is 10.2 Å². The minimum Gasteiger partial charge on any atom is -0.318 e. The van der Waals surface area contributed by atoms with Gasteiger partial charge in [-0.15, -0.1) is 0 Å². The Morgan fingerprint density at radius 2 is 2.38 bits per heavy atom. The first kappa shape index (κ1) is 11.3. The highest BCUT2D eigenvalue weighted by molar-refractivity contribution is 8.00. The van der Waals surface area contributed by atoms with Crippen molar-refractivity contribution < 1.29 is 0 Å². The third kappa shape index (κ3) is 3.49. The number of rotatable bonds is 4. The van der Waals surface area contributed by atoms with Gasteiger partial charge in [0.2, 0.25) is 0 Å². The van der Waals surface area contributed by atoms with Crippen molar-refractivity contribution in [3.63, 3.8) is 0 Å². The zero-order valence-corrected chi connectivity index (χ0v) is 9.86. The molecule has 0 radical (unpaired) electrons. The van der Waals surface area contributed by atoms with Crippen LogP contribution in [0.15, 0.2) is 0 Å². The van der Waals surface area contributed by atoms with Crippen LogP contribution < -0.4 is 5.32 Å². The highest BCUT2D eigenvalue weighted by atomic mass is 32.2. The van der Waals surface area contributed by atoms with E-state index >= 15 is 0 Å². The molecule has 0 spiro atoms. The van der Waals surface area contributed by atoms with Gasteiger partial charge in [0.25, 0.3) is 0 Å². The quantitative estimate of drug-likeness (QED) is 0.742. The number of thioether (sulfide) groups is 1. The lowest BCUT2D eigenvalue weighted by Gasteiger charge is -2.36. The topological polar surface area (TPSA) is 15.3 Å². The molecule has 1 rings (SSSR count). The third-order valence-electron chi connectivity index (χ3n) is 2.75. The third-order valence-corrected chi connectivity index (χ3v) is 4.12. The molecule has 1 saturated heterocycles. The van der Waals surface area contributed by atoms with Crippen molar-refractivity contribution in [1.29, 1.82) is 0 Å². The first-order chi connectivity index (χ1) is 6.27. The van der Waals surface area contributed by atoms with Crippen LogP contribution in [0.1, 0.15) is 20.3 Å². The highest BCUT2D eigenvalue weighted by Crippen LogP contribution is 2.22. The van der Waals surface area contributed by atoms with E-state index in [-0.39, 0.29) is 0 Å². The van der Waals surface area contributed by atoms with E-state index in [1.807, 2.05) is 7.05 Å². The van der Waals surface area contributed by atoms with Crippen LogP contribution in [-0.4, -0.2) is 48.6 Å². The second-order valence-electron chi connectivity index (χ2n) is 3.80. The van der Waals surface area contributed by atoms with Gasteiger partial charge in [0, 0.05) is 36.7 Å². The minimum atomic E-state index is 0.694. The minimum absolute atomic E-state index is 0.694. The predicted octanol–water partition coefficient (Wildman–Crippen LogP) is 1.42. The second-order valence-corrected chi connectivity index (χ2v) is 5.21. The molecule has 13 heavy (non-hydrogen) atoms. The summed E-state index contributed by atoms with van der Waals surface area (Å²) in [5.41, 5.74) is 0. The Morgan fingerprint density at radius 3 is 3.00 bits per heavy atom. The molecule has 0 aromatic carbocycles. The van der Waals surface area contributed by atoms with E-state index in [0.29, 0.717) is 6.04 Å². The van der Waals surface area contributed by atoms with Crippen LogP contribution in [0.4, 0.5) is 0 Å². The molecule has 2 unspecified atom stereocenters. The Morgan fingerprint density at radius 1 is 1.62 bits per heavy atom. The summed E-state index contributed by atoms with van der Waals surface area (Å²) < 4.78 is 0. The van der Waals surface area contributed by atoms with Crippen LogP contribution >= 0.6 is 11.8 Å². The number of hydrogen-bond donors (Lipinski definition) is 1. The van der Waals surface area contributed by atoms with Gasteiger partial charge in [-0.2, -0.15) is 11.8 Å². The molecule has 3 heteroatoms. The Labute approximate surface area is 86.5 Å². The van der Waals surface area contributed by atoms with E-state index in [1.54, 1.807) is 0 Å². The molecule has 0 aliphatic carbocycles. The van der Waals surface area contributed by atoms with Gasteiger partial charge in [-0.3, -0.25) is 4.90 Å². The van der Waals surface area contributed by atoms with Crippen molar-refractivity contribution in [2.75, 3.05) is 32.4 Å². The van der Waals surface area contributed by atoms with Crippen LogP contribution in [0.2, 0.25) is 0 Å². The lowest BCUT2D eigenvalue weighted by atomic mass is 10.2. The molecule has 0 bridgehead atoms. The van der Waals surface area contributed by atoms with Gasteiger partial charge in [0.15, 0.2) is 0 Å². The molecule has 2 atom stereocenters. The summed E-state index contributed by atoms with van der Waals surface area (Å²) in [6, 6.07) is 0.694. The molecule has 2 nitrogen and oxygen atoms in total. The molecule has 1 aliphatic rings. The summed E-state index contributed by atoms with van der Waals surface area (Å²) in [6.45, 7) is 8.28. The molecular weight excluding hydrogens is 180 g/mol. The van der Waals surface area contributed by atoms with E-state index in [9.17, 15) is 0 Å². The molecule has 0 amide bonds. The normalized spacial score (nSPS) is 27.5. The smallest absolute Gasteiger partial charge is 0.0193 e. The van der Waals surface area contributed by atoms with Gasteiger partial charge in [-0.05, 0) is 20.4 Å². The van der Waals surface area contributed by atoms with Crippen molar-refractivity contribution >= 4 is 11.8 Å². The maximum Gasteiger partial charge on any atom is 0.0193 e. The Kier molecular flexibility index (Phi) is 5.14. The molecule has 1 aliphatic heterocycles. The number of nitrogens with one attached hydrogen (secondary N) is 1. The Balaban J connectivity index is 2.32.